The van der Waals surface area contributed by atoms with Gasteiger partial charge in [-0.25, -0.2) is 0 Å². The van der Waals surface area contributed by atoms with Crippen LogP contribution in [0.5, 0.6) is 0 Å². The molecule has 1 heterocycles. The number of ether oxygens (including phenoxy) is 1. The Morgan fingerprint density at radius 1 is 1.56 bits per heavy atom. The van der Waals surface area contributed by atoms with E-state index in [2.05, 4.69) is 0 Å². The van der Waals surface area contributed by atoms with Crippen molar-refractivity contribution < 1.29 is 9.84 Å². The van der Waals surface area contributed by atoms with Gasteiger partial charge < -0.3 is 9.84 Å². The first-order valence-electron chi connectivity index (χ1n) is 2.95. The van der Waals surface area contributed by atoms with Crippen molar-refractivity contribution >= 4 is 0 Å². The number of aliphatic hydroxyl groups excluding tert-OH is 1. The highest BCUT2D eigenvalue weighted by atomic mass is 16.5. The number of hydrogen-bond donors (Lipinski definition) is 1. The third-order valence-corrected chi connectivity index (χ3v) is 1.67. The Balaban J connectivity index is 0.000000640. The van der Waals surface area contributed by atoms with E-state index < -0.39 is 0 Å². The fourth-order valence-electron chi connectivity index (χ4n) is 0.877. The van der Waals surface area contributed by atoms with E-state index in [1.54, 1.807) is 0 Å². The molecule has 0 aromatic rings. The summed E-state index contributed by atoms with van der Waals surface area (Å²) in [6.45, 7) is 4.52. The lowest BCUT2D eigenvalue weighted by atomic mass is 10.0. The van der Waals surface area contributed by atoms with Gasteiger partial charge in [-0.1, -0.05) is 7.43 Å². The minimum absolute atomic E-state index is 0. The number of aliphatic hydroxyl groups is 1. The zero-order chi connectivity index (χ0) is 6.20. The van der Waals surface area contributed by atoms with Gasteiger partial charge in [-0.2, -0.15) is 0 Å². The molecule has 0 aromatic carbocycles. The summed E-state index contributed by atoms with van der Waals surface area (Å²) in [7, 11) is 0. The van der Waals surface area contributed by atoms with Crippen molar-refractivity contribution in [2.75, 3.05) is 6.61 Å². The minimum atomic E-state index is -0.292. The zero-order valence-electron chi connectivity index (χ0n) is 5.35. The first kappa shape index (κ1) is 8.92. The topological polar surface area (TPSA) is 29.5 Å². The normalized spacial score (nSPS) is 31.7. The van der Waals surface area contributed by atoms with E-state index in [0.717, 1.165) is 6.42 Å². The van der Waals surface area contributed by atoms with Crippen LogP contribution in [0.4, 0.5) is 0 Å². The van der Waals surface area contributed by atoms with E-state index in [0.29, 0.717) is 6.61 Å². The van der Waals surface area contributed by atoms with Crippen LogP contribution in [-0.4, -0.2) is 23.4 Å². The van der Waals surface area contributed by atoms with Crippen molar-refractivity contribution in [1.29, 1.82) is 0 Å². The van der Waals surface area contributed by atoms with E-state index in [-0.39, 0.29) is 19.1 Å². The SMILES string of the molecule is C.CC1(C)OCCC1O. The summed E-state index contributed by atoms with van der Waals surface area (Å²) in [6, 6.07) is 0. The standard InChI is InChI=1S/C6H12O2.CH4/c1-6(2)5(7)3-4-8-6;/h5,7H,3-4H2,1-2H3;1H4. The molecule has 0 spiro atoms. The molecule has 0 radical (unpaired) electrons. The maximum Gasteiger partial charge on any atom is 0.0885 e. The molecule has 9 heavy (non-hydrogen) atoms. The van der Waals surface area contributed by atoms with Crippen LogP contribution in [0.2, 0.25) is 0 Å². The molecule has 1 saturated heterocycles. The van der Waals surface area contributed by atoms with Crippen molar-refractivity contribution in [3.63, 3.8) is 0 Å². The van der Waals surface area contributed by atoms with Crippen LogP contribution in [0, 0.1) is 0 Å². The molecule has 2 heteroatoms. The molecule has 1 rings (SSSR count). The maximum atomic E-state index is 9.13. The minimum Gasteiger partial charge on any atom is -0.390 e. The molecule has 1 atom stereocenters. The average Bonchev–Trinajstić information content (AvgIpc) is 1.86. The van der Waals surface area contributed by atoms with E-state index >= 15 is 0 Å². The lowest BCUT2D eigenvalue weighted by Crippen LogP contribution is -2.31. The summed E-state index contributed by atoms with van der Waals surface area (Å²) < 4.78 is 5.20. The van der Waals surface area contributed by atoms with Gasteiger partial charge in [0.15, 0.2) is 0 Å². The Hall–Kier alpha value is -0.0800. The Kier molecular flexibility index (Phi) is 2.65. The lowest BCUT2D eigenvalue weighted by molar-refractivity contribution is -0.0287. The van der Waals surface area contributed by atoms with Gasteiger partial charge in [0.2, 0.25) is 0 Å². The molecule has 0 aromatic heterocycles. The quantitative estimate of drug-likeness (QED) is 0.536. The Morgan fingerprint density at radius 2 is 2.11 bits per heavy atom. The third kappa shape index (κ3) is 1.66. The second-order valence-corrected chi connectivity index (χ2v) is 2.76. The summed E-state index contributed by atoms with van der Waals surface area (Å²) in [5.74, 6) is 0. The van der Waals surface area contributed by atoms with Gasteiger partial charge in [0, 0.05) is 6.61 Å². The van der Waals surface area contributed by atoms with Crippen LogP contribution < -0.4 is 0 Å². The third-order valence-electron chi connectivity index (χ3n) is 1.67. The zero-order valence-corrected chi connectivity index (χ0v) is 5.35. The highest BCUT2D eigenvalue weighted by Gasteiger charge is 2.33. The van der Waals surface area contributed by atoms with Crippen LogP contribution in [-0.2, 0) is 4.74 Å². The largest absolute Gasteiger partial charge is 0.390 e. The summed E-state index contributed by atoms with van der Waals surface area (Å²) in [5, 5.41) is 9.13. The van der Waals surface area contributed by atoms with Gasteiger partial charge in [0.1, 0.15) is 0 Å². The second-order valence-electron chi connectivity index (χ2n) is 2.76. The predicted octanol–water partition coefficient (Wildman–Crippen LogP) is 1.18. The average molecular weight is 132 g/mol. The fourth-order valence-corrected chi connectivity index (χ4v) is 0.877. The van der Waals surface area contributed by atoms with Crippen molar-refractivity contribution in [3.05, 3.63) is 0 Å². The highest BCUT2D eigenvalue weighted by Crippen LogP contribution is 2.23. The first-order valence-corrected chi connectivity index (χ1v) is 2.95. The van der Waals surface area contributed by atoms with Gasteiger partial charge in [0.25, 0.3) is 0 Å². The van der Waals surface area contributed by atoms with Crippen molar-refractivity contribution in [2.45, 2.75) is 39.4 Å². The molecular weight excluding hydrogens is 116 g/mol. The summed E-state index contributed by atoms with van der Waals surface area (Å²) in [4.78, 5) is 0. The van der Waals surface area contributed by atoms with Crippen LogP contribution in [0.3, 0.4) is 0 Å². The number of hydrogen-bond acceptors (Lipinski definition) is 2. The monoisotopic (exact) mass is 132 g/mol. The lowest BCUT2D eigenvalue weighted by Gasteiger charge is -2.20. The van der Waals surface area contributed by atoms with Crippen LogP contribution in [0.25, 0.3) is 0 Å². The molecule has 56 valence electrons. The first-order chi connectivity index (χ1) is 3.63. The van der Waals surface area contributed by atoms with Crippen molar-refractivity contribution in [2.24, 2.45) is 0 Å². The van der Waals surface area contributed by atoms with E-state index in [4.69, 9.17) is 9.84 Å². The highest BCUT2D eigenvalue weighted by molar-refractivity contribution is 4.83. The van der Waals surface area contributed by atoms with Gasteiger partial charge in [-0.05, 0) is 20.3 Å². The molecule has 0 bridgehead atoms. The molecule has 1 aliphatic heterocycles. The van der Waals surface area contributed by atoms with Crippen LogP contribution in [0.15, 0.2) is 0 Å². The van der Waals surface area contributed by atoms with E-state index in [1.165, 1.54) is 0 Å². The van der Waals surface area contributed by atoms with Gasteiger partial charge in [-0.15, -0.1) is 0 Å². The molecule has 1 aliphatic rings. The van der Waals surface area contributed by atoms with Gasteiger partial charge in [-0.3, -0.25) is 0 Å². The molecule has 0 saturated carbocycles. The summed E-state index contributed by atoms with van der Waals surface area (Å²) in [5.41, 5.74) is -0.292. The van der Waals surface area contributed by atoms with Crippen molar-refractivity contribution in [3.8, 4) is 0 Å². The Morgan fingerprint density at radius 3 is 2.22 bits per heavy atom. The predicted molar refractivity (Wildman–Crippen MR) is 37.4 cm³/mol. The molecule has 1 fully saturated rings. The Bertz CT molecular complexity index is 88.9. The molecule has 0 aliphatic carbocycles. The Labute approximate surface area is 56.8 Å². The maximum absolute atomic E-state index is 9.13. The van der Waals surface area contributed by atoms with Crippen LogP contribution >= 0.6 is 0 Å². The summed E-state index contributed by atoms with van der Waals surface area (Å²) in [6.07, 6.45) is 0.523. The second kappa shape index (κ2) is 2.67. The summed E-state index contributed by atoms with van der Waals surface area (Å²) >= 11 is 0. The molecular formula is C7H16O2. The van der Waals surface area contributed by atoms with Crippen molar-refractivity contribution in [1.82, 2.24) is 0 Å². The number of rotatable bonds is 0. The smallest absolute Gasteiger partial charge is 0.0885 e. The van der Waals surface area contributed by atoms with Gasteiger partial charge >= 0.3 is 0 Å². The van der Waals surface area contributed by atoms with E-state index in [9.17, 15) is 0 Å². The fraction of sp³-hybridized carbons (Fsp3) is 1.00. The molecule has 2 nitrogen and oxygen atoms in total. The molecule has 1 N–H and O–H groups in total. The molecule has 1 unspecified atom stereocenters. The molecule has 0 amide bonds. The van der Waals surface area contributed by atoms with Gasteiger partial charge in [0.05, 0.1) is 11.7 Å². The van der Waals surface area contributed by atoms with Crippen LogP contribution in [0.1, 0.15) is 27.7 Å². The van der Waals surface area contributed by atoms with E-state index in [1.807, 2.05) is 13.8 Å².